The number of aromatic nitrogens is 1. The number of piperidine rings is 1. The summed E-state index contributed by atoms with van der Waals surface area (Å²) < 4.78 is 54.5. The molecular formula is C34H32F3N3O4. The van der Waals surface area contributed by atoms with E-state index in [4.69, 9.17) is 9.47 Å². The molecule has 2 fully saturated rings. The molecule has 0 bridgehead atoms. The number of ether oxygens (including phenoxy) is 2. The topological polar surface area (TPSA) is 80.8 Å². The third-order valence-electron chi connectivity index (χ3n) is 9.21. The van der Waals surface area contributed by atoms with Crippen LogP contribution in [0.25, 0.3) is 6.08 Å². The molecule has 0 radical (unpaired) electrons. The van der Waals surface area contributed by atoms with E-state index >= 15 is 0 Å². The van der Waals surface area contributed by atoms with Gasteiger partial charge in [0.2, 0.25) is 5.91 Å². The highest BCUT2D eigenvalue weighted by Gasteiger charge is 2.59. The van der Waals surface area contributed by atoms with Crippen molar-refractivity contribution >= 4 is 23.6 Å². The molecule has 1 saturated carbocycles. The van der Waals surface area contributed by atoms with E-state index in [0.29, 0.717) is 30.2 Å². The molecule has 1 aromatic heterocycles. The summed E-state index contributed by atoms with van der Waals surface area (Å²) in [5, 5.41) is 2.77. The van der Waals surface area contributed by atoms with Crippen molar-refractivity contribution in [3.8, 4) is 17.2 Å². The van der Waals surface area contributed by atoms with Crippen molar-refractivity contribution < 1.29 is 32.2 Å². The number of amides is 1. The molecule has 3 atom stereocenters. The van der Waals surface area contributed by atoms with Crippen LogP contribution in [0.5, 0.6) is 17.2 Å². The summed E-state index contributed by atoms with van der Waals surface area (Å²) in [7, 11) is 0. The number of nitrogens with zero attached hydrogens (tertiary/aromatic N) is 2. The van der Waals surface area contributed by atoms with Gasteiger partial charge < -0.3 is 19.7 Å². The quantitative estimate of drug-likeness (QED) is 0.292. The van der Waals surface area contributed by atoms with Crippen molar-refractivity contribution in [2.24, 2.45) is 5.92 Å². The number of likely N-dealkylation sites (tertiary alicyclic amines) is 1. The van der Waals surface area contributed by atoms with E-state index in [2.05, 4.69) is 22.1 Å². The number of alkyl halides is 3. The van der Waals surface area contributed by atoms with Gasteiger partial charge in [0.05, 0.1) is 5.56 Å². The summed E-state index contributed by atoms with van der Waals surface area (Å²) in [5.41, 5.74) is 2.16. The van der Waals surface area contributed by atoms with E-state index in [1.165, 1.54) is 12.1 Å². The molecular weight excluding hydrogens is 571 g/mol. The summed E-state index contributed by atoms with van der Waals surface area (Å²) in [6.07, 6.45) is 0.947. The predicted molar refractivity (Wildman–Crippen MR) is 158 cm³/mol. The summed E-state index contributed by atoms with van der Waals surface area (Å²) in [6.45, 7) is 4.69. The number of benzene rings is 2. The lowest BCUT2D eigenvalue weighted by Gasteiger charge is -2.27. The molecule has 7 rings (SSSR count). The van der Waals surface area contributed by atoms with E-state index in [9.17, 15) is 22.8 Å². The number of hydrogen-bond donors (Lipinski definition) is 1. The Bertz CT molecular complexity index is 1670. The average Bonchev–Trinajstić information content (AvgIpc) is 3.53. The molecule has 1 N–H and O–H groups in total. The number of Topliss-reactive ketones (excluding diaryl/α,β-unsaturated/α-hetero) is 1. The molecule has 1 saturated heterocycles. The molecule has 1 amide bonds. The molecule has 228 valence electrons. The molecule has 2 aromatic carbocycles. The van der Waals surface area contributed by atoms with Gasteiger partial charge >= 0.3 is 6.18 Å². The smallest absolute Gasteiger partial charge is 0.417 e. The minimum absolute atomic E-state index is 0.0248. The largest absolute Gasteiger partial charge is 0.489 e. The lowest BCUT2D eigenvalue weighted by atomic mass is 9.94. The van der Waals surface area contributed by atoms with Crippen molar-refractivity contribution in [3.63, 3.8) is 0 Å². The number of ketones is 1. The van der Waals surface area contributed by atoms with Crippen LogP contribution in [0.2, 0.25) is 0 Å². The number of anilines is 1. The van der Waals surface area contributed by atoms with Crippen LogP contribution in [-0.4, -0.2) is 47.3 Å². The predicted octanol–water partition coefficient (Wildman–Crippen LogP) is 7.02. The molecule has 0 unspecified atom stereocenters. The van der Waals surface area contributed by atoms with Gasteiger partial charge in [-0.1, -0.05) is 30.7 Å². The molecule has 44 heavy (non-hydrogen) atoms. The number of carbonyl (C=O) groups is 2. The maximum atomic E-state index is 14.1. The molecule has 7 nitrogen and oxygen atoms in total. The Hall–Kier alpha value is -4.18. The highest BCUT2D eigenvalue weighted by atomic mass is 19.4. The second kappa shape index (κ2) is 11.1. The first-order chi connectivity index (χ1) is 21.2. The van der Waals surface area contributed by atoms with Gasteiger partial charge in [-0.15, -0.1) is 0 Å². The summed E-state index contributed by atoms with van der Waals surface area (Å²) in [6, 6.07) is 11.2. The van der Waals surface area contributed by atoms with Crippen LogP contribution in [0.4, 0.5) is 19.0 Å². The Morgan fingerprint density at radius 2 is 1.93 bits per heavy atom. The molecule has 4 aliphatic rings. The van der Waals surface area contributed by atoms with Crippen LogP contribution < -0.4 is 14.8 Å². The SMILES string of the molecule is CCN1CCC(=Cc2ccc(C(=O)C[C@@H]3[C@H]4Oc5ccc(Oc6ccnc7c6CCC(=O)N7)cc5[C@@H]34)cc2C(F)(F)F)CC1. The third-order valence-corrected chi connectivity index (χ3v) is 9.21. The number of hydrogen-bond acceptors (Lipinski definition) is 6. The molecule has 0 spiro atoms. The number of nitrogens with one attached hydrogen (secondary N) is 1. The Kier molecular flexibility index (Phi) is 7.19. The third kappa shape index (κ3) is 5.47. The first kappa shape index (κ1) is 28.6. The van der Waals surface area contributed by atoms with Gasteiger partial charge in [-0.3, -0.25) is 9.59 Å². The zero-order valence-corrected chi connectivity index (χ0v) is 24.2. The van der Waals surface area contributed by atoms with E-state index in [0.717, 1.165) is 61.0 Å². The van der Waals surface area contributed by atoms with Crippen molar-refractivity contribution in [1.82, 2.24) is 9.88 Å². The fourth-order valence-electron chi connectivity index (χ4n) is 6.69. The van der Waals surface area contributed by atoms with Gasteiger partial charge in [0.25, 0.3) is 0 Å². The van der Waals surface area contributed by atoms with Crippen LogP contribution >= 0.6 is 0 Å². The summed E-state index contributed by atoms with van der Waals surface area (Å²) >= 11 is 0. The highest BCUT2D eigenvalue weighted by Crippen LogP contribution is 2.60. The first-order valence-corrected chi connectivity index (χ1v) is 15.1. The average molecular weight is 604 g/mol. The zero-order valence-electron chi connectivity index (χ0n) is 24.2. The van der Waals surface area contributed by atoms with Crippen molar-refractivity contribution in [3.05, 3.63) is 82.1 Å². The monoisotopic (exact) mass is 603 g/mol. The maximum Gasteiger partial charge on any atom is 0.417 e. The number of fused-ring (bicyclic) bond motifs is 4. The normalized spacial score (nSPS) is 22.3. The van der Waals surface area contributed by atoms with E-state index < -0.39 is 11.7 Å². The van der Waals surface area contributed by atoms with Crippen LogP contribution in [-0.2, 0) is 17.4 Å². The second-order valence-corrected chi connectivity index (χ2v) is 11.9. The maximum absolute atomic E-state index is 14.1. The number of pyridine rings is 1. The first-order valence-electron chi connectivity index (χ1n) is 15.1. The van der Waals surface area contributed by atoms with Crippen LogP contribution in [0.1, 0.15) is 71.1 Å². The van der Waals surface area contributed by atoms with Crippen LogP contribution in [0.3, 0.4) is 0 Å². The van der Waals surface area contributed by atoms with Gasteiger partial charge in [-0.05, 0) is 61.7 Å². The van der Waals surface area contributed by atoms with E-state index in [-0.39, 0.29) is 47.2 Å². The minimum atomic E-state index is -4.57. The molecule has 3 aromatic rings. The van der Waals surface area contributed by atoms with E-state index in [1.54, 1.807) is 24.4 Å². The number of carbonyl (C=O) groups excluding carboxylic acids is 2. The minimum Gasteiger partial charge on any atom is -0.489 e. The van der Waals surface area contributed by atoms with Gasteiger partial charge in [-0.2, -0.15) is 13.2 Å². The van der Waals surface area contributed by atoms with Gasteiger partial charge in [0, 0.05) is 60.7 Å². The second-order valence-electron chi connectivity index (χ2n) is 11.9. The van der Waals surface area contributed by atoms with Crippen LogP contribution in [0.15, 0.2) is 54.2 Å². The Balaban J connectivity index is 1.05. The van der Waals surface area contributed by atoms with Gasteiger partial charge in [-0.25, -0.2) is 4.98 Å². The summed E-state index contributed by atoms with van der Waals surface area (Å²) in [4.78, 5) is 31.5. The zero-order chi connectivity index (χ0) is 30.6. The number of rotatable bonds is 7. The fourth-order valence-corrected chi connectivity index (χ4v) is 6.69. The standard InChI is InChI=1S/C34H32F3N3O4/c1-2-40-13-10-19(11-14-40)15-20-3-4-21(16-26(20)34(35,36)37)27(41)18-25-31-24-17-22(5-7-28(24)44-32(25)31)43-29-9-12-38-33-23(29)6-8-30(42)39-33/h3-5,7,9,12,15-17,25,31-32H,2,6,8,10-11,13-14,18H2,1H3,(H,38,39,42)/t25-,31-,32+/m0/s1. The Morgan fingerprint density at radius 1 is 1.11 bits per heavy atom. The lowest BCUT2D eigenvalue weighted by molar-refractivity contribution is -0.137. The fraction of sp³-hybridized carbons (Fsp3) is 0.382. The van der Waals surface area contributed by atoms with E-state index in [1.807, 2.05) is 12.1 Å². The highest BCUT2D eigenvalue weighted by molar-refractivity contribution is 5.97. The lowest BCUT2D eigenvalue weighted by Crippen LogP contribution is -2.30. The summed E-state index contributed by atoms with van der Waals surface area (Å²) in [5.74, 6) is 1.88. The number of halogens is 3. The van der Waals surface area contributed by atoms with Crippen LogP contribution in [0, 0.1) is 5.92 Å². The van der Waals surface area contributed by atoms with Gasteiger partial charge in [0.1, 0.15) is 29.2 Å². The van der Waals surface area contributed by atoms with Crippen molar-refractivity contribution in [2.75, 3.05) is 25.0 Å². The Labute approximate surface area is 253 Å². The molecule has 4 heterocycles. The Morgan fingerprint density at radius 3 is 2.70 bits per heavy atom. The van der Waals surface area contributed by atoms with Crippen molar-refractivity contribution in [1.29, 1.82) is 0 Å². The molecule has 3 aliphatic heterocycles. The molecule has 10 heteroatoms. The van der Waals surface area contributed by atoms with Gasteiger partial charge in [0.15, 0.2) is 5.78 Å². The molecule has 1 aliphatic carbocycles. The van der Waals surface area contributed by atoms with Crippen molar-refractivity contribution in [2.45, 2.75) is 57.2 Å².